The van der Waals surface area contributed by atoms with E-state index in [9.17, 15) is 9.59 Å². The summed E-state index contributed by atoms with van der Waals surface area (Å²) in [6.45, 7) is 4.93. The third-order valence-corrected chi connectivity index (χ3v) is 6.66. The summed E-state index contributed by atoms with van der Waals surface area (Å²) >= 11 is 6.06. The van der Waals surface area contributed by atoms with Gasteiger partial charge < -0.3 is 15.4 Å². The van der Waals surface area contributed by atoms with Gasteiger partial charge in [-0.15, -0.1) is 0 Å². The molecule has 3 atom stereocenters. The fourth-order valence-corrected chi connectivity index (χ4v) is 4.34. The molecular formula is C22H31ClN2O3. The molecule has 0 spiro atoms. The number of benzene rings is 1. The molecule has 28 heavy (non-hydrogen) atoms. The summed E-state index contributed by atoms with van der Waals surface area (Å²) in [5.74, 6) is -0.00198. The van der Waals surface area contributed by atoms with E-state index in [2.05, 4.69) is 13.8 Å². The van der Waals surface area contributed by atoms with Crippen LogP contribution in [0.1, 0.15) is 64.0 Å². The number of piperidine rings is 1. The number of nitrogens with zero attached hydrogens (tertiary/aromatic N) is 1. The molecule has 2 amide bonds. The molecule has 3 unspecified atom stereocenters. The quantitative estimate of drug-likeness (QED) is 0.671. The van der Waals surface area contributed by atoms with E-state index in [1.165, 1.54) is 0 Å². The Morgan fingerprint density at radius 3 is 2.50 bits per heavy atom. The molecule has 0 bridgehead atoms. The van der Waals surface area contributed by atoms with Crippen LogP contribution in [0.15, 0.2) is 24.3 Å². The fraction of sp³-hybridized carbons (Fsp3) is 0.636. The van der Waals surface area contributed by atoms with Crippen molar-refractivity contribution in [1.82, 2.24) is 4.90 Å². The highest BCUT2D eigenvalue weighted by atomic mass is 35.5. The molecule has 2 aliphatic rings. The monoisotopic (exact) mass is 406 g/mol. The van der Waals surface area contributed by atoms with Gasteiger partial charge in [0.15, 0.2) is 0 Å². The van der Waals surface area contributed by atoms with Gasteiger partial charge in [0.25, 0.3) is 0 Å². The second-order valence-electron chi connectivity index (χ2n) is 8.22. The van der Waals surface area contributed by atoms with Gasteiger partial charge in [0.05, 0.1) is 30.7 Å². The predicted molar refractivity (Wildman–Crippen MR) is 110 cm³/mol. The van der Waals surface area contributed by atoms with Crippen molar-refractivity contribution in [3.63, 3.8) is 0 Å². The maximum absolute atomic E-state index is 13.3. The van der Waals surface area contributed by atoms with Gasteiger partial charge in [-0.2, -0.15) is 0 Å². The average molecular weight is 407 g/mol. The van der Waals surface area contributed by atoms with E-state index in [4.69, 9.17) is 22.1 Å². The highest BCUT2D eigenvalue weighted by Crippen LogP contribution is 2.45. The van der Waals surface area contributed by atoms with Crippen molar-refractivity contribution in [1.29, 1.82) is 0 Å². The first-order valence-corrected chi connectivity index (χ1v) is 10.7. The number of ether oxygens (including phenoxy) is 1. The van der Waals surface area contributed by atoms with Crippen LogP contribution in [0.4, 0.5) is 0 Å². The minimum absolute atomic E-state index is 0.0220. The Kier molecular flexibility index (Phi) is 6.66. The lowest BCUT2D eigenvalue weighted by Gasteiger charge is -2.44. The normalized spacial score (nSPS) is 24.8. The summed E-state index contributed by atoms with van der Waals surface area (Å²) in [5, 5.41) is 0.695. The minimum Gasteiger partial charge on any atom is -0.378 e. The number of likely N-dealkylation sites (tertiary alicyclic amines) is 1. The third-order valence-electron chi connectivity index (χ3n) is 6.41. The number of rotatable bonds is 9. The van der Waals surface area contributed by atoms with Gasteiger partial charge in [-0.1, -0.05) is 37.6 Å². The number of halogens is 1. The Morgan fingerprint density at radius 1 is 1.29 bits per heavy atom. The second-order valence-corrected chi connectivity index (χ2v) is 8.65. The molecule has 1 saturated heterocycles. The zero-order valence-electron chi connectivity index (χ0n) is 16.8. The zero-order chi connectivity index (χ0) is 20.3. The maximum atomic E-state index is 13.3. The van der Waals surface area contributed by atoms with Crippen LogP contribution in [0.25, 0.3) is 0 Å². The van der Waals surface area contributed by atoms with E-state index in [0.29, 0.717) is 18.2 Å². The first-order valence-electron chi connectivity index (χ1n) is 10.4. The van der Waals surface area contributed by atoms with Crippen LogP contribution in [-0.4, -0.2) is 36.0 Å². The third kappa shape index (κ3) is 4.36. The summed E-state index contributed by atoms with van der Waals surface area (Å²) in [4.78, 5) is 26.9. The van der Waals surface area contributed by atoms with Crippen molar-refractivity contribution in [2.75, 3.05) is 13.2 Å². The SMILES string of the molecule is CCC1CCC(c2ccc(Cl)cc2)N(C(CC)COCC2(C(N)=O)CC2)C1=O. The van der Waals surface area contributed by atoms with Crippen molar-refractivity contribution in [3.8, 4) is 0 Å². The van der Waals surface area contributed by atoms with Crippen LogP contribution in [0.3, 0.4) is 0 Å². The molecule has 5 nitrogen and oxygen atoms in total. The number of carbonyl (C=O) groups excluding carboxylic acids is 2. The second kappa shape index (κ2) is 8.83. The first kappa shape index (κ1) is 21.1. The Balaban J connectivity index is 1.75. The van der Waals surface area contributed by atoms with E-state index < -0.39 is 5.41 Å². The topological polar surface area (TPSA) is 72.6 Å². The van der Waals surface area contributed by atoms with Crippen LogP contribution in [0, 0.1) is 11.3 Å². The van der Waals surface area contributed by atoms with Gasteiger partial charge in [0.1, 0.15) is 0 Å². The lowest BCUT2D eigenvalue weighted by atomic mass is 9.85. The Morgan fingerprint density at radius 2 is 1.96 bits per heavy atom. The van der Waals surface area contributed by atoms with Crippen LogP contribution in [0.5, 0.6) is 0 Å². The van der Waals surface area contributed by atoms with Gasteiger partial charge in [0.2, 0.25) is 11.8 Å². The maximum Gasteiger partial charge on any atom is 0.226 e. The van der Waals surface area contributed by atoms with Gasteiger partial charge in [-0.25, -0.2) is 0 Å². The predicted octanol–water partition coefficient (Wildman–Crippen LogP) is 4.09. The van der Waals surface area contributed by atoms with E-state index in [1.807, 2.05) is 29.2 Å². The number of hydrogen-bond acceptors (Lipinski definition) is 3. The molecule has 6 heteroatoms. The van der Waals surface area contributed by atoms with Crippen LogP contribution in [0.2, 0.25) is 5.02 Å². The molecule has 154 valence electrons. The van der Waals surface area contributed by atoms with E-state index in [1.54, 1.807) is 0 Å². The Bertz CT molecular complexity index is 702. The van der Waals surface area contributed by atoms with Crippen molar-refractivity contribution in [3.05, 3.63) is 34.9 Å². The standard InChI is InChI=1S/C22H31ClN2O3/c1-3-15-7-10-19(16-5-8-17(23)9-6-16)25(20(15)26)18(4-2)13-28-14-22(11-12-22)21(24)27/h5-6,8-9,15,18-19H,3-4,7,10-14H2,1-2H3,(H2,24,27). The summed E-state index contributed by atoms with van der Waals surface area (Å²) < 4.78 is 5.93. The molecule has 0 aromatic heterocycles. The number of hydrogen-bond donors (Lipinski definition) is 1. The lowest BCUT2D eigenvalue weighted by molar-refractivity contribution is -0.148. The van der Waals surface area contributed by atoms with E-state index in [0.717, 1.165) is 44.1 Å². The molecule has 0 radical (unpaired) electrons. The Hall–Kier alpha value is -1.59. The highest BCUT2D eigenvalue weighted by Gasteiger charge is 2.49. The summed E-state index contributed by atoms with van der Waals surface area (Å²) in [6, 6.07) is 7.80. The van der Waals surface area contributed by atoms with Crippen molar-refractivity contribution >= 4 is 23.4 Å². The molecule has 1 aromatic carbocycles. The zero-order valence-corrected chi connectivity index (χ0v) is 17.6. The van der Waals surface area contributed by atoms with Gasteiger partial charge in [-0.05, 0) is 56.2 Å². The smallest absolute Gasteiger partial charge is 0.226 e. The van der Waals surface area contributed by atoms with Crippen LogP contribution >= 0.6 is 11.6 Å². The van der Waals surface area contributed by atoms with Crippen molar-refractivity contribution < 1.29 is 14.3 Å². The van der Waals surface area contributed by atoms with Crippen LogP contribution < -0.4 is 5.73 Å². The van der Waals surface area contributed by atoms with Gasteiger partial charge in [-0.3, -0.25) is 9.59 Å². The number of primary amides is 1. The molecule has 1 saturated carbocycles. The summed E-state index contributed by atoms with van der Waals surface area (Å²) in [6.07, 6.45) is 5.09. The average Bonchev–Trinajstić information content (AvgIpc) is 3.47. The summed E-state index contributed by atoms with van der Waals surface area (Å²) in [5.41, 5.74) is 6.13. The molecule has 2 N–H and O–H groups in total. The van der Waals surface area contributed by atoms with Gasteiger partial charge in [0, 0.05) is 10.9 Å². The first-order chi connectivity index (χ1) is 13.4. The molecule has 1 heterocycles. The molecule has 2 fully saturated rings. The molecule has 3 rings (SSSR count). The number of amides is 2. The number of carbonyl (C=O) groups is 2. The molecular weight excluding hydrogens is 376 g/mol. The van der Waals surface area contributed by atoms with Crippen molar-refractivity contribution in [2.24, 2.45) is 17.1 Å². The molecule has 1 aromatic rings. The van der Waals surface area contributed by atoms with Crippen molar-refractivity contribution in [2.45, 2.75) is 64.5 Å². The lowest BCUT2D eigenvalue weighted by Crippen LogP contribution is -2.50. The Labute approximate surface area is 172 Å². The number of nitrogens with two attached hydrogens (primary N) is 1. The molecule has 1 aliphatic carbocycles. The van der Waals surface area contributed by atoms with E-state index in [-0.39, 0.29) is 29.8 Å². The summed E-state index contributed by atoms with van der Waals surface area (Å²) in [7, 11) is 0. The van der Waals surface area contributed by atoms with E-state index >= 15 is 0 Å². The highest BCUT2D eigenvalue weighted by molar-refractivity contribution is 6.30. The fourth-order valence-electron chi connectivity index (χ4n) is 4.21. The van der Waals surface area contributed by atoms with Gasteiger partial charge >= 0.3 is 0 Å². The minimum atomic E-state index is -0.480. The largest absolute Gasteiger partial charge is 0.378 e. The van der Waals surface area contributed by atoms with Crippen LogP contribution in [-0.2, 0) is 14.3 Å². The molecule has 1 aliphatic heterocycles.